The molecule has 0 radical (unpaired) electrons. The van der Waals surface area contributed by atoms with Gasteiger partial charge in [-0.05, 0) is 57.0 Å². The topological polar surface area (TPSA) is 63.7 Å². The van der Waals surface area contributed by atoms with Gasteiger partial charge in [-0.2, -0.15) is 0 Å². The SMILES string of the molecule is CNCCC1CCN(C(=O)c2csc(-c3ccc4c(c3)OCO4)n2)CC1.Cl.Cl. The van der Waals surface area contributed by atoms with E-state index in [1.807, 2.05) is 35.5 Å². The van der Waals surface area contributed by atoms with Crippen molar-refractivity contribution < 1.29 is 14.3 Å². The molecule has 1 saturated heterocycles. The van der Waals surface area contributed by atoms with E-state index in [1.54, 1.807) is 0 Å². The average Bonchev–Trinajstić information content (AvgIpc) is 3.35. The van der Waals surface area contributed by atoms with Crippen LogP contribution in [-0.2, 0) is 0 Å². The van der Waals surface area contributed by atoms with Crippen molar-refractivity contribution in [3.63, 3.8) is 0 Å². The molecule has 1 aromatic carbocycles. The minimum absolute atomic E-state index is 0. The minimum Gasteiger partial charge on any atom is -0.454 e. The van der Waals surface area contributed by atoms with E-state index in [1.165, 1.54) is 17.8 Å². The van der Waals surface area contributed by atoms with Crippen LogP contribution in [-0.4, -0.2) is 49.3 Å². The summed E-state index contributed by atoms with van der Waals surface area (Å²) in [7, 11) is 1.98. The molecule has 3 heterocycles. The van der Waals surface area contributed by atoms with Crippen LogP contribution >= 0.6 is 36.2 Å². The van der Waals surface area contributed by atoms with E-state index in [0.717, 1.165) is 54.5 Å². The number of piperidine rings is 1. The van der Waals surface area contributed by atoms with Crippen LogP contribution in [0.4, 0.5) is 0 Å². The van der Waals surface area contributed by atoms with Gasteiger partial charge in [0.15, 0.2) is 11.5 Å². The summed E-state index contributed by atoms with van der Waals surface area (Å²) in [5.74, 6) is 2.24. The molecule has 6 nitrogen and oxygen atoms in total. The molecule has 0 unspecified atom stereocenters. The van der Waals surface area contributed by atoms with Gasteiger partial charge in [0.25, 0.3) is 5.91 Å². The summed E-state index contributed by atoms with van der Waals surface area (Å²) in [6, 6.07) is 5.76. The number of likely N-dealkylation sites (tertiary alicyclic amines) is 1. The van der Waals surface area contributed by atoms with Crippen LogP contribution in [0.5, 0.6) is 11.5 Å². The number of ether oxygens (including phenoxy) is 2. The second-order valence-corrected chi connectivity index (χ2v) is 7.59. The number of aromatic nitrogens is 1. The van der Waals surface area contributed by atoms with Crippen LogP contribution in [0, 0.1) is 5.92 Å². The van der Waals surface area contributed by atoms with Crippen molar-refractivity contribution in [2.45, 2.75) is 19.3 Å². The van der Waals surface area contributed by atoms with E-state index in [0.29, 0.717) is 11.6 Å². The second kappa shape index (κ2) is 10.3. The molecule has 0 aliphatic carbocycles. The monoisotopic (exact) mass is 445 g/mol. The summed E-state index contributed by atoms with van der Waals surface area (Å²) >= 11 is 1.49. The molecule has 9 heteroatoms. The molecule has 1 aromatic heterocycles. The maximum absolute atomic E-state index is 12.8. The minimum atomic E-state index is 0. The Kier molecular flexibility index (Phi) is 8.37. The van der Waals surface area contributed by atoms with Gasteiger partial charge in [-0.1, -0.05) is 0 Å². The van der Waals surface area contributed by atoms with E-state index in [9.17, 15) is 4.79 Å². The number of fused-ring (bicyclic) bond motifs is 1. The summed E-state index contributed by atoms with van der Waals surface area (Å²) in [5.41, 5.74) is 1.49. The zero-order valence-electron chi connectivity index (χ0n) is 15.7. The molecule has 1 fully saturated rings. The van der Waals surface area contributed by atoms with E-state index < -0.39 is 0 Å². The first kappa shape index (κ1) is 22.7. The standard InChI is InChI=1S/C19H23N3O3S.2ClH/c1-20-7-4-13-5-8-22(9-6-13)19(23)15-11-26-18(21-15)14-2-3-16-17(10-14)25-12-24-16;;/h2-3,10-11,13,20H,4-9,12H2,1H3;2*1H. The summed E-state index contributed by atoms with van der Waals surface area (Å²) in [6.45, 7) is 2.95. The number of amides is 1. The second-order valence-electron chi connectivity index (χ2n) is 6.73. The molecule has 1 N–H and O–H groups in total. The number of halogens is 2. The van der Waals surface area contributed by atoms with Crippen molar-refractivity contribution >= 4 is 42.1 Å². The van der Waals surface area contributed by atoms with Gasteiger partial charge in [0.2, 0.25) is 6.79 Å². The molecule has 0 atom stereocenters. The van der Waals surface area contributed by atoms with Gasteiger partial charge in [0, 0.05) is 24.0 Å². The lowest BCUT2D eigenvalue weighted by atomic mass is 9.93. The maximum Gasteiger partial charge on any atom is 0.273 e. The quantitative estimate of drug-likeness (QED) is 0.756. The van der Waals surface area contributed by atoms with Gasteiger partial charge in [0.1, 0.15) is 10.7 Å². The smallest absolute Gasteiger partial charge is 0.273 e. The predicted molar refractivity (Wildman–Crippen MR) is 115 cm³/mol. The van der Waals surface area contributed by atoms with E-state index >= 15 is 0 Å². The molecule has 4 rings (SSSR count). The Morgan fingerprint density at radius 2 is 2.00 bits per heavy atom. The third-order valence-corrected chi connectivity index (χ3v) is 5.94. The summed E-state index contributed by atoms with van der Waals surface area (Å²) in [4.78, 5) is 19.3. The van der Waals surface area contributed by atoms with E-state index in [4.69, 9.17) is 9.47 Å². The first-order valence-electron chi connectivity index (χ1n) is 9.04. The molecule has 28 heavy (non-hydrogen) atoms. The predicted octanol–water partition coefficient (Wildman–Crippen LogP) is 3.84. The zero-order chi connectivity index (χ0) is 17.9. The van der Waals surface area contributed by atoms with Gasteiger partial charge >= 0.3 is 0 Å². The number of rotatable bonds is 5. The Labute approximate surface area is 181 Å². The number of nitrogens with zero attached hydrogens (tertiary/aromatic N) is 2. The third kappa shape index (κ3) is 4.89. The largest absolute Gasteiger partial charge is 0.454 e. The van der Waals surface area contributed by atoms with Crippen LogP contribution in [0.2, 0.25) is 0 Å². The fraction of sp³-hybridized carbons (Fsp3) is 0.474. The number of hydrogen-bond acceptors (Lipinski definition) is 6. The molecule has 2 aromatic rings. The number of benzene rings is 1. The van der Waals surface area contributed by atoms with Crippen LogP contribution in [0.3, 0.4) is 0 Å². The van der Waals surface area contributed by atoms with Crippen LogP contribution in [0.25, 0.3) is 10.6 Å². The third-order valence-electron chi connectivity index (χ3n) is 5.05. The maximum atomic E-state index is 12.8. The number of nitrogens with one attached hydrogen (secondary N) is 1. The Hall–Kier alpha value is -1.54. The molecule has 2 aliphatic rings. The fourth-order valence-electron chi connectivity index (χ4n) is 3.47. The Morgan fingerprint density at radius 3 is 2.75 bits per heavy atom. The van der Waals surface area contributed by atoms with Gasteiger partial charge in [-0.15, -0.1) is 36.2 Å². The molecule has 2 aliphatic heterocycles. The highest BCUT2D eigenvalue weighted by molar-refractivity contribution is 7.13. The van der Waals surface area contributed by atoms with Crippen molar-refractivity contribution in [3.8, 4) is 22.1 Å². The summed E-state index contributed by atoms with van der Waals surface area (Å²) in [6.07, 6.45) is 3.34. The summed E-state index contributed by atoms with van der Waals surface area (Å²) < 4.78 is 10.8. The fourth-order valence-corrected chi connectivity index (χ4v) is 4.26. The van der Waals surface area contributed by atoms with Crippen molar-refractivity contribution in [1.82, 2.24) is 15.2 Å². The van der Waals surface area contributed by atoms with Gasteiger partial charge in [-0.25, -0.2) is 4.98 Å². The van der Waals surface area contributed by atoms with Gasteiger partial charge in [0.05, 0.1) is 0 Å². The Morgan fingerprint density at radius 1 is 1.25 bits per heavy atom. The lowest BCUT2D eigenvalue weighted by Gasteiger charge is -2.31. The van der Waals surface area contributed by atoms with Crippen molar-refractivity contribution in [3.05, 3.63) is 29.3 Å². The van der Waals surface area contributed by atoms with Crippen molar-refractivity contribution in [1.29, 1.82) is 0 Å². The zero-order valence-corrected chi connectivity index (χ0v) is 18.1. The Bertz CT molecular complexity index is 794. The molecule has 0 spiro atoms. The van der Waals surface area contributed by atoms with E-state index in [2.05, 4.69) is 10.3 Å². The Balaban J connectivity index is 0.00000140. The van der Waals surface area contributed by atoms with Crippen LogP contribution < -0.4 is 14.8 Å². The highest BCUT2D eigenvalue weighted by Gasteiger charge is 2.25. The number of carbonyl (C=O) groups excluding carboxylic acids is 1. The first-order valence-corrected chi connectivity index (χ1v) is 9.92. The molecular weight excluding hydrogens is 421 g/mol. The van der Waals surface area contributed by atoms with Gasteiger partial charge < -0.3 is 19.7 Å². The highest BCUT2D eigenvalue weighted by Crippen LogP contribution is 2.36. The number of hydrogen-bond donors (Lipinski definition) is 1. The average molecular weight is 446 g/mol. The summed E-state index contributed by atoms with van der Waals surface area (Å²) in [5, 5.41) is 5.89. The number of thiazole rings is 1. The van der Waals surface area contributed by atoms with Crippen LogP contribution in [0.1, 0.15) is 29.8 Å². The highest BCUT2D eigenvalue weighted by atomic mass is 35.5. The lowest BCUT2D eigenvalue weighted by molar-refractivity contribution is 0.0682. The molecule has 1 amide bonds. The molecule has 0 saturated carbocycles. The number of carbonyl (C=O) groups is 1. The van der Waals surface area contributed by atoms with E-state index in [-0.39, 0.29) is 37.5 Å². The van der Waals surface area contributed by atoms with Crippen LogP contribution in [0.15, 0.2) is 23.6 Å². The van der Waals surface area contributed by atoms with Crippen molar-refractivity contribution in [2.24, 2.45) is 5.92 Å². The van der Waals surface area contributed by atoms with Crippen molar-refractivity contribution in [2.75, 3.05) is 33.5 Å². The molecule has 0 bridgehead atoms. The first-order chi connectivity index (χ1) is 12.7. The molecular formula is C19H25Cl2N3O3S. The van der Waals surface area contributed by atoms with Gasteiger partial charge in [-0.3, -0.25) is 4.79 Å². The normalized spacial score (nSPS) is 15.7. The molecule has 154 valence electrons. The lowest BCUT2D eigenvalue weighted by Crippen LogP contribution is -2.39.